The summed E-state index contributed by atoms with van der Waals surface area (Å²) in [4.78, 5) is 30.6. The fraction of sp³-hybridized carbons (Fsp3) is 0.500. The van der Waals surface area contributed by atoms with Gasteiger partial charge in [-0.05, 0) is 32.0 Å². The topological polar surface area (TPSA) is 73.7 Å². The minimum Gasteiger partial charge on any atom is -0.478 e. The van der Waals surface area contributed by atoms with Crippen molar-refractivity contribution in [1.82, 2.24) is 14.8 Å². The molecule has 0 aliphatic carbocycles. The number of carboxylic acids is 1. The van der Waals surface area contributed by atoms with Crippen LogP contribution in [-0.4, -0.2) is 58.4 Å². The van der Waals surface area contributed by atoms with Crippen LogP contribution in [0.25, 0.3) is 0 Å². The molecule has 2 rings (SSSR count). The number of carbonyl (C=O) groups is 2. The van der Waals surface area contributed by atoms with Crippen molar-refractivity contribution < 1.29 is 14.7 Å². The molecule has 0 spiro atoms. The van der Waals surface area contributed by atoms with Gasteiger partial charge in [0.05, 0.1) is 17.8 Å². The first-order chi connectivity index (χ1) is 9.56. The number of likely N-dealkylation sites (tertiary alicyclic amines) is 1. The van der Waals surface area contributed by atoms with E-state index < -0.39 is 5.97 Å². The molecule has 0 bridgehead atoms. The summed E-state index contributed by atoms with van der Waals surface area (Å²) in [7, 11) is 1.86. The van der Waals surface area contributed by atoms with Gasteiger partial charge in [0, 0.05) is 25.8 Å². The summed E-state index contributed by atoms with van der Waals surface area (Å²) in [5.74, 6) is -0.839. The molecule has 108 valence electrons. The molecule has 1 N–H and O–H groups in total. The summed E-state index contributed by atoms with van der Waals surface area (Å²) in [6.45, 7) is 2.61. The number of rotatable bonds is 5. The lowest BCUT2D eigenvalue weighted by Gasteiger charge is -2.20. The number of hydrogen-bond donors (Lipinski definition) is 1. The fourth-order valence-corrected chi connectivity index (χ4v) is 2.27. The number of carbonyl (C=O) groups excluding carboxylic acids is 1. The van der Waals surface area contributed by atoms with Crippen molar-refractivity contribution in [3.05, 3.63) is 29.6 Å². The van der Waals surface area contributed by atoms with Crippen LogP contribution in [0.5, 0.6) is 0 Å². The molecule has 2 heterocycles. The number of carboxylic acid groups (broad SMARTS) is 1. The van der Waals surface area contributed by atoms with Crippen molar-refractivity contribution in [2.75, 3.05) is 26.7 Å². The summed E-state index contributed by atoms with van der Waals surface area (Å²) in [6, 6.07) is 3.21. The van der Waals surface area contributed by atoms with Gasteiger partial charge in [-0.3, -0.25) is 14.7 Å². The van der Waals surface area contributed by atoms with E-state index in [1.165, 1.54) is 12.3 Å². The number of aromatic carboxylic acids is 1. The van der Waals surface area contributed by atoms with Gasteiger partial charge in [0.25, 0.3) is 0 Å². The second-order valence-electron chi connectivity index (χ2n) is 5.10. The third kappa shape index (κ3) is 3.77. The molecule has 1 saturated heterocycles. The minimum atomic E-state index is -0.985. The van der Waals surface area contributed by atoms with E-state index in [1.54, 1.807) is 6.07 Å². The predicted molar refractivity (Wildman–Crippen MR) is 73.3 cm³/mol. The Hall–Kier alpha value is -1.95. The van der Waals surface area contributed by atoms with Crippen molar-refractivity contribution in [1.29, 1.82) is 0 Å². The number of hydrogen-bond acceptors (Lipinski definition) is 4. The first-order valence-corrected chi connectivity index (χ1v) is 6.71. The molecule has 1 aliphatic heterocycles. The Labute approximate surface area is 118 Å². The fourth-order valence-electron chi connectivity index (χ4n) is 2.27. The maximum atomic E-state index is 12.0. The van der Waals surface area contributed by atoms with Crippen LogP contribution >= 0.6 is 0 Å². The molecule has 1 fully saturated rings. The van der Waals surface area contributed by atoms with Gasteiger partial charge < -0.3 is 10.0 Å². The van der Waals surface area contributed by atoms with Crippen LogP contribution in [0.15, 0.2) is 18.3 Å². The van der Waals surface area contributed by atoms with Crippen LogP contribution in [0.2, 0.25) is 0 Å². The van der Waals surface area contributed by atoms with E-state index in [0.717, 1.165) is 31.6 Å². The highest BCUT2D eigenvalue weighted by molar-refractivity contribution is 5.87. The molecule has 6 heteroatoms. The van der Waals surface area contributed by atoms with Crippen LogP contribution < -0.4 is 0 Å². The number of nitrogens with zero attached hydrogens (tertiary/aromatic N) is 3. The molecule has 0 unspecified atom stereocenters. The predicted octanol–water partition coefficient (Wildman–Crippen LogP) is 0.834. The van der Waals surface area contributed by atoms with E-state index in [0.29, 0.717) is 13.1 Å². The van der Waals surface area contributed by atoms with E-state index in [4.69, 9.17) is 5.11 Å². The van der Waals surface area contributed by atoms with Crippen LogP contribution in [0, 0.1) is 0 Å². The Morgan fingerprint density at radius 2 is 2.05 bits per heavy atom. The van der Waals surface area contributed by atoms with E-state index in [9.17, 15) is 9.59 Å². The van der Waals surface area contributed by atoms with Gasteiger partial charge in [-0.15, -0.1) is 0 Å². The SMILES string of the molecule is CN(CC(=O)N1CCCC1)Cc1ccc(C(=O)O)cn1. The lowest BCUT2D eigenvalue weighted by atomic mass is 10.2. The Morgan fingerprint density at radius 3 is 2.60 bits per heavy atom. The quantitative estimate of drug-likeness (QED) is 0.863. The summed E-state index contributed by atoms with van der Waals surface area (Å²) in [5, 5.41) is 8.80. The van der Waals surface area contributed by atoms with Crippen LogP contribution in [0.4, 0.5) is 0 Å². The van der Waals surface area contributed by atoms with Gasteiger partial charge >= 0.3 is 5.97 Å². The standard InChI is InChI=1S/C14H19N3O3/c1-16(10-13(18)17-6-2-3-7-17)9-12-5-4-11(8-15-12)14(19)20/h4-5,8H,2-3,6-7,9-10H2,1H3,(H,19,20). The third-order valence-corrected chi connectivity index (χ3v) is 3.37. The Bertz CT molecular complexity index is 481. The number of pyridine rings is 1. The van der Waals surface area contributed by atoms with Crippen molar-refractivity contribution in [2.45, 2.75) is 19.4 Å². The molecule has 1 amide bonds. The lowest BCUT2D eigenvalue weighted by molar-refractivity contribution is -0.131. The largest absolute Gasteiger partial charge is 0.478 e. The molecule has 1 aromatic heterocycles. The number of likely N-dealkylation sites (N-methyl/N-ethyl adjacent to an activating group) is 1. The van der Waals surface area contributed by atoms with Crippen LogP contribution in [-0.2, 0) is 11.3 Å². The van der Waals surface area contributed by atoms with Gasteiger partial charge in [0.15, 0.2) is 0 Å². The molecule has 0 atom stereocenters. The maximum absolute atomic E-state index is 12.0. The van der Waals surface area contributed by atoms with Crippen molar-refractivity contribution in [3.8, 4) is 0 Å². The molecule has 1 aromatic rings. The van der Waals surface area contributed by atoms with Crippen LogP contribution in [0.3, 0.4) is 0 Å². The highest BCUT2D eigenvalue weighted by atomic mass is 16.4. The maximum Gasteiger partial charge on any atom is 0.337 e. The second-order valence-corrected chi connectivity index (χ2v) is 5.10. The van der Waals surface area contributed by atoms with Crippen LogP contribution in [0.1, 0.15) is 28.9 Å². The number of amides is 1. The molecule has 0 saturated carbocycles. The molecule has 0 aromatic carbocycles. The van der Waals surface area contributed by atoms with Gasteiger partial charge in [-0.1, -0.05) is 0 Å². The molecular weight excluding hydrogens is 258 g/mol. The number of aromatic nitrogens is 1. The van der Waals surface area contributed by atoms with Crippen molar-refractivity contribution in [2.24, 2.45) is 0 Å². The molecule has 0 radical (unpaired) electrons. The average Bonchev–Trinajstić information content (AvgIpc) is 2.93. The van der Waals surface area contributed by atoms with Crippen molar-refractivity contribution >= 4 is 11.9 Å². The first-order valence-electron chi connectivity index (χ1n) is 6.71. The highest BCUT2D eigenvalue weighted by Gasteiger charge is 2.19. The van der Waals surface area contributed by atoms with Crippen molar-refractivity contribution in [3.63, 3.8) is 0 Å². The van der Waals surface area contributed by atoms with E-state index >= 15 is 0 Å². The van der Waals surface area contributed by atoms with E-state index in [-0.39, 0.29) is 11.5 Å². The Kier molecular flexibility index (Phi) is 4.68. The Morgan fingerprint density at radius 1 is 1.35 bits per heavy atom. The smallest absolute Gasteiger partial charge is 0.337 e. The summed E-state index contributed by atoms with van der Waals surface area (Å²) in [6.07, 6.45) is 3.52. The first kappa shape index (κ1) is 14.5. The molecule has 20 heavy (non-hydrogen) atoms. The zero-order valence-corrected chi connectivity index (χ0v) is 11.6. The zero-order chi connectivity index (χ0) is 14.5. The minimum absolute atomic E-state index is 0.146. The third-order valence-electron chi connectivity index (χ3n) is 3.37. The normalized spacial score (nSPS) is 14.8. The average molecular weight is 277 g/mol. The molecule has 6 nitrogen and oxygen atoms in total. The molecular formula is C14H19N3O3. The van der Waals surface area contributed by atoms with Gasteiger partial charge in [0.1, 0.15) is 0 Å². The molecule has 1 aliphatic rings. The second kappa shape index (κ2) is 6.47. The lowest BCUT2D eigenvalue weighted by Crippen LogP contribution is -2.37. The van der Waals surface area contributed by atoms with E-state index in [2.05, 4.69) is 4.98 Å². The van der Waals surface area contributed by atoms with Gasteiger partial charge in [-0.25, -0.2) is 4.79 Å². The van der Waals surface area contributed by atoms with E-state index in [1.807, 2.05) is 16.8 Å². The summed E-state index contributed by atoms with van der Waals surface area (Å²) < 4.78 is 0. The Balaban J connectivity index is 1.85. The van der Waals surface area contributed by atoms with Gasteiger partial charge in [0.2, 0.25) is 5.91 Å². The summed E-state index contributed by atoms with van der Waals surface area (Å²) in [5.41, 5.74) is 0.927. The summed E-state index contributed by atoms with van der Waals surface area (Å²) >= 11 is 0. The monoisotopic (exact) mass is 277 g/mol. The van der Waals surface area contributed by atoms with Gasteiger partial charge in [-0.2, -0.15) is 0 Å². The highest BCUT2D eigenvalue weighted by Crippen LogP contribution is 2.09. The zero-order valence-electron chi connectivity index (χ0n) is 11.6.